The number of aliphatic hydroxyl groups is 1. The van der Waals surface area contributed by atoms with Crippen LogP contribution < -0.4 is 4.74 Å². The van der Waals surface area contributed by atoms with Gasteiger partial charge >= 0.3 is 0 Å². The van der Waals surface area contributed by atoms with Crippen LogP contribution in [-0.4, -0.2) is 52.8 Å². The zero-order chi connectivity index (χ0) is 24.5. The average molecular weight is 488 g/mol. The number of halogens is 2. The molecule has 0 saturated carbocycles. The molecule has 0 amide bonds. The fourth-order valence-corrected chi connectivity index (χ4v) is 5.73. The highest BCUT2D eigenvalue weighted by atomic mass is 35.5. The van der Waals surface area contributed by atoms with Gasteiger partial charge in [-0.15, -0.1) is 0 Å². The van der Waals surface area contributed by atoms with Crippen molar-refractivity contribution in [3.05, 3.63) is 58.1 Å². The first-order valence-electron chi connectivity index (χ1n) is 12.1. The van der Waals surface area contributed by atoms with Crippen molar-refractivity contribution in [1.82, 2.24) is 14.9 Å². The van der Waals surface area contributed by atoms with Gasteiger partial charge in [0, 0.05) is 18.9 Å². The normalized spacial score (nSPS) is 20.3. The smallest absolute Gasteiger partial charge is 0.146 e. The van der Waals surface area contributed by atoms with Crippen LogP contribution >= 0.6 is 11.6 Å². The van der Waals surface area contributed by atoms with Crippen LogP contribution in [0.4, 0.5) is 4.39 Å². The minimum atomic E-state index is -0.778. The number of hydrogen-bond donors (Lipinski definition) is 2. The Morgan fingerprint density at radius 2 is 2.09 bits per heavy atom. The number of fused-ring (bicyclic) bond motifs is 2. The number of aromatic amines is 1. The Kier molecular flexibility index (Phi) is 7.51. The maximum atomic E-state index is 13.7. The molecular formula is C27H35ClFN3O2. The molecule has 1 aliphatic carbocycles. The van der Waals surface area contributed by atoms with E-state index in [2.05, 4.69) is 35.8 Å². The Morgan fingerprint density at radius 1 is 1.29 bits per heavy atom. The van der Waals surface area contributed by atoms with Crippen LogP contribution in [0, 0.1) is 11.7 Å². The number of aromatic nitrogens is 2. The fraction of sp³-hybridized carbons (Fsp3) is 0.519. The van der Waals surface area contributed by atoms with Gasteiger partial charge in [-0.3, -0.25) is 0 Å². The maximum absolute atomic E-state index is 13.7. The van der Waals surface area contributed by atoms with E-state index in [1.165, 1.54) is 6.07 Å². The Balaban J connectivity index is 1.35. The van der Waals surface area contributed by atoms with Gasteiger partial charge in [0.2, 0.25) is 0 Å². The number of H-pyrrole nitrogens is 1. The summed E-state index contributed by atoms with van der Waals surface area (Å²) in [4.78, 5) is 10.3. The van der Waals surface area contributed by atoms with Gasteiger partial charge in [0.1, 0.15) is 22.9 Å². The average Bonchev–Trinajstić information content (AvgIpc) is 3.23. The number of nitrogens with zero attached hydrogens (tertiary/aromatic N) is 2. The number of rotatable bonds is 9. The first-order chi connectivity index (χ1) is 16.2. The number of aryl methyl sites for hydroxylation is 2. The summed E-state index contributed by atoms with van der Waals surface area (Å²) < 4.78 is 19.1. The van der Waals surface area contributed by atoms with Gasteiger partial charge in [-0.05, 0) is 80.6 Å². The zero-order valence-electron chi connectivity index (χ0n) is 20.5. The molecule has 7 heteroatoms. The molecule has 2 N–H and O–H groups in total. The lowest BCUT2D eigenvalue weighted by molar-refractivity contribution is -0.0301. The van der Waals surface area contributed by atoms with Gasteiger partial charge < -0.3 is 19.7 Å². The van der Waals surface area contributed by atoms with Crippen molar-refractivity contribution in [3.63, 3.8) is 0 Å². The molecule has 1 aliphatic rings. The van der Waals surface area contributed by atoms with E-state index in [4.69, 9.17) is 16.3 Å². The minimum absolute atomic E-state index is 0.0144. The third-order valence-electron chi connectivity index (χ3n) is 7.22. The van der Waals surface area contributed by atoms with Crippen molar-refractivity contribution in [2.24, 2.45) is 5.92 Å². The van der Waals surface area contributed by atoms with E-state index in [9.17, 15) is 9.50 Å². The van der Waals surface area contributed by atoms with E-state index >= 15 is 0 Å². The summed E-state index contributed by atoms with van der Waals surface area (Å²) in [7, 11) is 3.73. The molecule has 2 atom stereocenters. The summed E-state index contributed by atoms with van der Waals surface area (Å²) in [5, 5.41) is 12.3. The summed E-state index contributed by atoms with van der Waals surface area (Å²) >= 11 is 6.31. The summed E-state index contributed by atoms with van der Waals surface area (Å²) in [5.74, 6) is 1.70. The number of imidazole rings is 1. The molecule has 0 fully saturated rings. The highest BCUT2D eigenvalue weighted by Crippen LogP contribution is 2.45. The topological polar surface area (TPSA) is 61.4 Å². The van der Waals surface area contributed by atoms with E-state index in [-0.39, 0.29) is 17.7 Å². The summed E-state index contributed by atoms with van der Waals surface area (Å²) in [6.45, 7) is 5.99. The standard InChI is InChI=1S/C27H35ClFN3O2/c1-17(2)24-20-8-7-19(29)16-18(20)11-12-27(24,33)13-15-32(3)14-5-6-23-30-25-21(28)9-10-22(34-4)26(25)31-23/h7-10,16-17,24,33H,5-6,11-15H2,1-4H3,(H,30,31)/t24-,27-/m0/s1. The van der Waals surface area contributed by atoms with Gasteiger partial charge in [-0.2, -0.15) is 0 Å². The van der Waals surface area contributed by atoms with E-state index in [1.54, 1.807) is 13.2 Å². The van der Waals surface area contributed by atoms with Crippen LogP contribution in [0.1, 0.15) is 56.0 Å². The minimum Gasteiger partial charge on any atom is -0.494 e. The molecule has 0 unspecified atom stereocenters. The highest BCUT2D eigenvalue weighted by Gasteiger charge is 2.43. The summed E-state index contributed by atoms with van der Waals surface area (Å²) in [5.41, 5.74) is 2.94. The predicted octanol–water partition coefficient (Wildman–Crippen LogP) is 5.74. The third kappa shape index (κ3) is 5.09. The largest absolute Gasteiger partial charge is 0.494 e. The lowest BCUT2D eigenvalue weighted by Gasteiger charge is -2.44. The monoisotopic (exact) mass is 487 g/mol. The van der Waals surface area contributed by atoms with Crippen molar-refractivity contribution in [1.29, 1.82) is 0 Å². The molecule has 1 aromatic heterocycles. The number of nitrogens with one attached hydrogen (secondary N) is 1. The van der Waals surface area contributed by atoms with Gasteiger partial charge in [-0.1, -0.05) is 31.5 Å². The van der Waals surface area contributed by atoms with Gasteiger partial charge in [0.05, 0.1) is 23.3 Å². The van der Waals surface area contributed by atoms with E-state index in [0.29, 0.717) is 30.0 Å². The molecule has 0 spiro atoms. The Bertz CT molecular complexity index is 1150. The van der Waals surface area contributed by atoms with Crippen LogP contribution in [0.2, 0.25) is 5.02 Å². The fourth-order valence-electron chi connectivity index (χ4n) is 5.53. The molecule has 2 aromatic carbocycles. The number of hydrogen-bond acceptors (Lipinski definition) is 4. The van der Waals surface area contributed by atoms with Crippen LogP contribution in [0.5, 0.6) is 5.75 Å². The summed E-state index contributed by atoms with van der Waals surface area (Å²) in [6, 6.07) is 8.67. The van der Waals surface area contributed by atoms with Crippen LogP contribution in [0.15, 0.2) is 30.3 Å². The van der Waals surface area contributed by atoms with Crippen molar-refractivity contribution in [3.8, 4) is 5.75 Å². The molecule has 4 rings (SSSR count). The van der Waals surface area contributed by atoms with Crippen molar-refractivity contribution in [2.75, 3.05) is 27.2 Å². The molecule has 34 heavy (non-hydrogen) atoms. The van der Waals surface area contributed by atoms with Crippen molar-refractivity contribution in [2.45, 2.75) is 57.5 Å². The molecule has 5 nitrogen and oxygen atoms in total. The SMILES string of the molecule is COc1ccc(Cl)c2[nH]c(CCCN(C)CC[C@@]3(O)CCc4cc(F)ccc4[C@@H]3C(C)C)nc12. The van der Waals surface area contributed by atoms with E-state index in [1.807, 2.05) is 18.2 Å². The lowest BCUT2D eigenvalue weighted by Crippen LogP contribution is -2.45. The third-order valence-corrected chi connectivity index (χ3v) is 7.53. The molecule has 0 saturated heterocycles. The Labute approximate surface area is 206 Å². The van der Waals surface area contributed by atoms with Crippen LogP contribution in [0.25, 0.3) is 11.0 Å². The second kappa shape index (κ2) is 10.2. The summed E-state index contributed by atoms with van der Waals surface area (Å²) in [6.07, 6.45) is 3.82. The predicted molar refractivity (Wildman–Crippen MR) is 135 cm³/mol. The quantitative estimate of drug-likeness (QED) is 0.404. The second-order valence-corrected chi connectivity index (χ2v) is 10.4. The first kappa shape index (κ1) is 25.0. The molecule has 3 aromatic rings. The number of ether oxygens (including phenoxy) is 1. The Hall–Kier alpha value is -2.15. The number of benzene rings is 2. The number of methoxy groups -OCH3 is 1. The van der Waals surface area contributed by atoms with Gasteiger partial charge in [-0.25, -0.2) is 9.37 Å². The first-order valence-corrected chi connectivity index (χ1v) is 12.5. The molecule has 0 aliphatic heterocycles. The lowest BCUT2D eigenvalue weighted by atomic mass is 9.66. The molecule has 1 heterocycles. The Morgan fingerprint density at radius 3 is 2.82 bits per heavy atom. The van der Waals surface area contributed by atoms with E-state index < -0.39 is 5.60 Å². The molecule has 0 bridgehead atoms. The molecule has 0 radical (unpaired) electrons. The molecular weight excluding hydrogens is 453 g/mol. The van der Waals surface area contributed by atoms with Gasteiger partial charge in [0.15, 0.2) is 0 Å². The van der Waals surface area contributed by atoms with Crippen LogP contribution in [-0.2, 0) is 12.8 Å². The molecule has 184 valence electrons. The van der Waals surface area contributed by atoms with Crippen LogP contribution in [0.3, 0.4) is 0 Å². The maximum Gasteiger partial charge on any atom is 0.146 e. The van der Waals surface area contributed by atoms with Gasteiger partial charge in [0.25, 0.3) is 0 Å². The second-order valence-electron chi connectivity index (χ2n) is 9.98. The van der Waals surface area contributed by atoms with Crippen molar-refractivity contribution >= 4 is 22.6 Å². The van der Waals surface area contributed by atoms with E-state index in [0.717, 1.165) is 53.9 Å². The van der Waals surface area contributed by atoms with Crippen molar-refractivity contribution < 1.29 is 14.2 Å². The highest BCUT2D eigenvalue weighted by molar-refractivity contribution is 6.35. The zero-order valence-corrected chi connectivity index (χ0v) is 21.3.